The zero-order chi connectivity index (χ0) is 17.5. The molecule has 0 aliphatic rings. The summed E-state index contributed by atoms with van der Waals surface area (Å²) in [4.78, 5) is 22.5. The highest BCUT2D eigenvalue weighted by molar-refractivity contribution is 5.91. The molecule has 23 heavy (non-hydrogen) atoms. The molecule has 1 aromatic rings. The minimum absolute atomic E-state index is 0.122. The third kappa shape index (κ3) is 6.86. The molecule has 0 radical (unpaired) electrons. The molecule has 126 valence electrons. The Morgan fingerprint density at radius 1 is 1.30 bits per heavy atom. The van der Waals surface area contributed by atoms with E-state index in [0.29, 0.717) is 18.7 Å². The van der Waals surface area contributed by atoms with Gasteiger partial charge in [0, 0.05) is 6.54 Å². The van der Waals surface area contributed by atoms with Gasteiger partial charge in [-0.05, 0) is 44.9 Å². The lowest BCUT2D eigenvalue weighted by Gasteiger charge is -2.19. The molecular weight excluding hydrogens is 298 g/mol. The van der Waals surface area contributed by atoms with Gasteiger partial charge in [-0.2, -0.15) is 0 Å². The predicted octanol–water partition coefficient (Wildman–Crippen LogP) is 3.32. The standard InChI is InChI=1S/C17H23NO5/c1-17(2,3)23-16(21)18-10-6-5-7-12-8-9-13(15(19)20)14(11-12)22-4/h5,7-9,11H,6,10H2,1-4H3,(H,18,21)(H,19,20). The van der Waals surface area contributed by atoms with E-state index < -0.39 is 17.7 Å². The van der Waals surface area contributed by atoms with Gasteiger partial charge in [-0.3, -0.25) is 0 Å². The number of carboxylic acids is 1. The average Bonchev–Trinajstić information content (AvgIpc) is 2.44. The molecule has 6 nitrogen and oxygen atoms in total. The highest BCUT2D eigenvalue weighted by atomic mass is 16.6. The minimum Gasteiger partial charge on any atom is -0.496 e. The van der Waals surface area contributed by atoms with Crippen molar-refractivity contribution in [1.82, 2.24) is 5.32 Å². The van der Waals surface area contributed by atoms with Gasteiger partial charge in [0.25, 0.3) is 0 Å². The summed E-state index contributed by atoms with van der Waals surface area (Å²) in [6, 6.07) is 4.85. The Balaban J connectivity index is 2.49. The predicted molar refractivity (Wildman–Crippen MR) is 87.8 cm³/mol. The summed E-state index contributed by atoms with van der Waals surface area (Å²) in [5.74, 6) is -0.717. The monoisotopic (exact) mass is 321 g/mol. The molecule has 0 fully saturated rings. The Morgan fingerprint density at radius 3 is 2.57 bits per heavy atom. The number of benzene rings is 1. The molecule has 0 saturated heterocycles. The molecule has 6 heteroatoms. The highest BCUT2D eigenvalue weighted by Crippen LogP contribution is 2.21. The number of carbonyl (C=O) groups is 2. The van der Waals surface area contributed by atoms with Gasteiger partial charge in [-0.25, -0.2) is 9.59 Å². The second kappa shape index (κ2) is 8.22. The lowest BCUT2D eigenvalue weighted by atomic mass is 10.1. The summed E-state index contributed by atoms with van der Waals surface area (Å²) in [6.45, 7) is 5.87. The van der Waals surface area contributed by atoms with Crippen molar-refractivity contribution >= 4 is 18.1 Å². The molecule has 0 aliphatic heterocycles. The summed E-state index contributed by atoms with van der Waals surface area (Å²) in [6.07, 6.45) is 3.90. The van der Waals surface area contributed by atoms with E-state index in [1.54, 1.807) is 32.9 Å². The molecule has 0 bridgehead atoms. The van der Waals surface area contributed by atoms with Crippen LogP contribution in [0.3, 0.4) is 0 Å². The van der Waals surface area contributed by atoms with Crippen LogP contribution in [0.15, 0.2) is 24.3 Å². The lowest BCUT2D eigenvalue weighted by Crippen LogP contribution is -2.32. The van der Waals surface area contributed by atoms with Crippen molar-refractivity contribution in [2.24, 2.45) is 0 Å². The fourth-order valence-electron chi connectivity index (χ4n) is 1.78. The second-order valence-electron chi connectivity index (χ2n) is 5.88. The molecule has 2 N–H and O–H groups in total. The van der Waals surface area contributed by atoms with Gasteiger partial charge in [-0.1, -0.05) is 18.2 Å². The van der Waals surface area contributed by atoms with E-state index in [2.05, 4.69) is 5.32 Å². The molecule has 0 saturated carbocycles. The van der Waals surface area contributed by atoms with Gasteiger partial charge in [0.05, 0.1) is 7.11 Å². The van der Waals surface area contributed by atoms with E-state index in [1.165, 1.54) is 13.2 Å². The van der Waals surface area contributed by atoms with Crippen LogP contribution in [0.25, 0.3) is 6.08 Å². The minimum atomic E-state index is -1.03. The Labute approximate surface area is 136 Å². The van der Waals surface area contributed by atoms with E-state index in [4.69, 9.17) is 14.6 Å². The van der Waals surface area contributed by atoms with Crippen molar-refractivity contribution in [3.63, 3.8) is 0 Å². The van der Waals surface area contributed by atoms with Crippen LogP contribution in [0.1, 0.15) is 43.1 Å². The fraction of sp³-hybridized carbons (Fsp3) is 0.412. The van der Waals surface area contributed by atoms with E-state index in [1.807, 2.05) is 12.2 Å². The number of hydrogen-bond acceptors (Lipinski definition) is 4. The molecule has 0 unspecified atom stereocenters. The summed E-state index contributed by atoms with van der Waals surface area (Å²) in [5.41, 5.74) is 0.433. The third-order valence-electron chi connectivity index (χ3n) is 2.75. The summed E-state index contributed by atoms with van der Waals surface area (Å²) >= 11 is 0. The number of amides is 1. The first-order chi connectivity index (χ1) is 10.7. The molecule has 0 aromatic heterocycles. The van der Waals surface area contributed by atoms with Crippen LogP contribution in [0, 0.1) is 0 Å². The first-order valence-corrected chi connectivity index (χ1v) is 7.27. The Morgan fingerprint density at radius 2 is 2.00 bits per heavy atom. The van der Waals surface area contributed by atoms with Gasteiger partial charge in [0.2, 0.25) is 0 Å². The van der Waals surface area contributed by atoms with Gasteiger partial charge in [0.15, 0.2) is 0 Å². The Hall–Kier alpha value is -2.50. The molecule has 0 aliphatic carbocycles. The number of hydrogen-bond donors (Lipinski definition) is 2. The molecule has 1 aromatic carbocycles. The normalized spacial score (nSPS) is 11.3. The number of carboxylic acid groups (broad SMARTS) is 1. The maximum atomic E-state index is 11.4. The van der Waals surface area contributed by atoms with Gasteiger partial charge in [0.1, 0.15) is 16.9 Å². The first-order valence-electron chi connectivity index (χ1n) is 7.27. The molecule has 0 spiro atoms. The topological polar surface area (TPSA) is 84.9 Å². The van der Waals surface area contributed by atoms with Crippen LogP contribution in [0.4, 0.5) is 4.79 Å². The van der Waals surface area contributed by atoms with Crippen LogP contribution in [-0.4, -0.2) is 36.4 Å². The van der Waals surface area contributed by atoms with Crippen LogP contribution in [0.2, 0.25) is 0 Å². The summed E-state index contributed by atoms with van der Waals surface area (Å²) in [7, 11) is 1.43. The SMILES string of the molecule is COc1cc(C=CCCNC(=O)OC(C)(C)C)ccc1C(=O)O. The van der Waals surface area contributed by atoms with Crippen LogP contribution in [0.5, 0.6) is 5.75 Å². The van der Waals surface area contributed by atoms with Crippen LogP contribution >= 0.6 is 0 Å². The van der Waals surface area contributed by atoms with Crippen molar-refractivity contribution in [2.75, 3.05) is 13.7 Å². The number of nitrogens with one attached hydrogen (secondary N) is 1. The zero-order valence-electron chi connectivity index (χ0n) is 13.9. The number of aromatic carboxylic acids is 1. The zero-order valence-corrected chi connectivity index (χ0v) is 13.9. The van der Waals surface area contributed by atoms with Crippen LogP contribution in [-0.2, 0) is 4.74 Å². The highest BCUT2D eigenvalue weighted by Gasteiger charge is 2.15. The number of carbonyl (C=O) groups excluding carboxylic acids is 1. The van der Waals surface area contributed by atoms with E-state index in [-0.39, 0.29) is 5.56 Å². The van der Waals surface area contributed by atoms with Gasteiger partial charge >= 0.3 is 12.1 Å². The Bertz CT molecular complexity index is 587. The fourth-order valence-corrected chi connectivity index (χ4v) is 1.78. The second-order valence-corrected chi connectivity index (χ2v) is 5.88. The molecule has 0 atom stereocenters. The molecular formula is C17H23NO5. The van der Waals surface area contributed by atoms with Gasteiger partial charge < -0.3 is 19.9 Å². The quantitative estimate of drug-likeness (QED) is 0.785. The number of alkyl carbamates (subject to hydrolysis) is 1. The van der Waals surface area contributed by atoms with Crippen molar-refractivity contribution in [1.29, 1.82) is 0 Å². The maximum absolute atomic E-state index is 11.4. The molecule has 0 heterocycles. The van der Waals surface area contributed by atoms with Crippen molar-refractivity contribution in [3.8, 4) is 5.75 Å². The lowest BCUT2D eigenvalue weighted by molar-refractivity contribution is 0.0528. The molecule has 1 rings (SSSR count). The van der Waals surface area contributed by atoms with E-state index in [0.717, 1.165) is 5.56 Å². The number of ether oxygens (including phenoxy) is 2. The van der Waals surface area contributed by atoms with Crippen molar-refractivity contribution in [2.45, 2.75) is 32.8 Å². The third-order valence-corrected chi connectivity index (χ3v) is 2.75. The van der Waals surface area contributed by atoms with E-state index in [9.17, 15) is 9.59 Å². The van der Waals surface area contributed by atoms with E-state index >= 15 is 0 Å². The first kappa shape index (κ1) is 18.5. The maximum Gasteiger partial charge on any atom is 0.407 e. The van der Waals surface area contributed by atoms with Crippen LogP contribution < -0.4 is 10.1 Å². The van der Waals surface area contributed by atoms with Crippen molar-refractivity contribution in [3.05, 3.63) is 35.4 Å². The van der Waals surface area contributed by atoms with Crippen molar-refractivity contribution < 1.29 is 24.2 Å². The molecule has 1 amide bonds. The Kier molecular flexibility index (Phi) is 6.63. The largest absolute Gasteiger partial charge is 0.496 e. The number of methoxy groups -OCH3 is 1. The summed E-state index contributed by atoms with van der Waals surface area (Å²) in [5, 5.41) is 11.7. The summed E-state index contributed by atoms with van der Waals surface area (Å²) < 4.78 is 10.2. The average molecular weight is 321 g/mol. The van der Waals surface area contributed by atoms with Gasteiger partial charge in [-0.15, -0.1) is 0 Å². The number of rotatable bonds is 6. The smallest absolute Gasteiger partial charge is 0.407 e.